The normalized spacial score (nSPS) is 10.0. The minimum atomic E-state index is -0.215. The number of anilines is 2. The van der Waals surface area contributed by atoms with Gasteiger partial charge in [-0.1, -0.05) is 0 Å². The molecule has 21 heavy (non-hydrogen) atoms. The number of benzene rings is 1. The molecule has 2 N–H and O–H groups in total. The number of rotatable bonds is 4. The number of hydrogen-bond donors (Lipinski definition) is 2. The van der Waals surface area contributed by atoms with Gasteiger partial charge < -0.3 is 15.5 Å². The summed E-state index contributed by atoms with van der Waals surface area (Å²) in [7, 11) is 3.98. The number of aryl methyl sites for hydroxylation is 1. The topological polar surface area (TPSA) is 57.3 Å². The molecule has 0 atom stereocenters. The maximum absolute atomic E-state index is 11.9. The lowest BCUT2D eigenvalue weighted by molar-refractivity contribution is 0.251. The molecule has 2 aromatic rings. The van der Waals surface area contributed by atoms with E-state index < -0.39 is 0 Å². The highest BCUT2D eigenvalue weighted by atomic mass is 16.2. The Morgan fingerprint density at radius 3 is 2.52 bits per heavy atom. The zero-order valence-electron chi connectivity index (χ0n) is 12.6. The van der Waals surface area contributed by atoms with Crippen LogP contribution in [0.3, 0.4) is 0 Å². The van der Waals surface area contributed by atoms with E-state index in [1.807, 2.05) is 56.3 Å². The van der Waals surface area contributed by atoms with E-state index in [4.69, 9.17) is 0 Å². The second-order valence-electron chi connectivity index (χ2n) is 5.06. The number of nitrogens with one attached hydrogen (secondary N) is 2. The average molecular weight is 284 g/mol. The van der Waals surface area contributed by atoms with Gasteiger partial charge in [-0.2, -0.15) is 0 Å². The Morgan fingerprint density at radius 1 is 1.19 bits per heavy atom. The van der Waals surface area contributed by atoms with Crippen molar-refractivity contribution in [2.45, 2.75) is 13.5 Å². The largest absolute Gasteiger partial charge is 0.378 e. The Morgan fingerprint density at radius 2 is 1.90 bits per heavy atom. The van der Waals surface area contributed by atoms with Crippen LogP contribution >= 0.6 is 0 Å². The van der Waals surface area contributed by atoms with Crippen LogP contribution < -0.4 is 15.5 Å². The standard InChI is InChI=1S/C16H20N4O/c1-12-10-14(20(2)3)4-5-15(12)19-16(21)18-11-13-6-8-17-9-7-13/h4-10H,11H2,1-3H3,(H2,18,19,21). The molecule has 1 heterocycles. The summed E-state index contributed by atoms with van der Waals surface area (Å²) >= 11 is 0. The molecule has 1 aromatic carbocycles. The van der Waals surface area contributed by atoms with Crippen LogP contribution in [0.4, 0.5) is 16.2 Å². The van der Waals surface area contributed by atoms with E-state index in [0.717, 1.165) is 22.5 Å². The summed E-state index contributed by atoms with van der Waals surface area (Å²) in [6.07, 6.45) is 3.41. The van der Waals surface area contributed by atoms with Gasteiger partial charge in [0, 0.05) is 44.4 Å². The van der Waals surface area contributed by atoms with Gasteiger partial charge in [0.1, 0.15) is 0 Å². The Labute approximate surface area is 125 Å². The molecular weight excluding hydrogens is 264 g/mol. The van der Waals surface area contributed by atoms with Crippen molar-refractivity contribution < 1.29 is 4.79 Å². The van der Waals surface area contributed by atoms with Crippen molar-refractivity contribution in [3.63, 3.8) is 0 Å². The third kappa shape index (κ3) is 4.21. The second kappa shape index (κ2) is 6.74. The molecule has 0 bridgehead atoms. The third-order valence-corrected chi connectivity index (χ3v) is 3.18. The van der Waals surface area contributed by atoms with Crippen LogP contribution in [-0.2, 0) is 6.54 Å². The number of carbonyl (C=O) groups excluding carboxylic acids is 1. The molecule has 0 saturated carbocycles. The number of carbonyl (C=O) groups is 1. The average Bonchev–Trinajstić information content (AvgIpc) is 2.48. The molecule has 110 valence electrons. The molecule has 0 radical (unpaired) electrons. The fourth-order valence-corrected chi connectivity index (χ4v) is 1.92. The summed E-state index contributed by atoms with van der Waals surface area (Å²) < 4.78 is 0. The minimum absolute atomic E-state index is 0.215. The molecule has 2 rings (SSSR count). The Bertz CT molecular complexity index is 611. The summed E-state index contributed by atoms with van der Waals surface area (Å²) in [6.45, 7) is 2.45. The number of nitrogens with zero attached hydrogens (tertiary/aromatic N) is 2. The van der Waals surface area contributed by atoms with E-state index >= 15 is 0 Å². The van der Waals surface area contributed by atoms with Gasteiger partial charge in [0.05, 0.1) is 0 Å². The molecule has 0 aliphatic rings. The van der Waals surface area contributed by atoms with Crippen LogP contribution in [0.1, 0.15) is 11.1 Å². The predicted octanol–water partition coefficient (Wildman–Crippen LogP) is 2.78. The predicted molar refractivity (Wildman–Crippen MR) is 85.6 cm³/mol. The summed E-state index contributed by atoms with van der Waals surface area (Å²) in [5, 5.41) is 5.69. The third-order valence-electron chi connectivity index (χ3n) is 3.18. The van der Waals surface area contributed by atoms with Crippen molar-refractivity contribution in [2.24, 2.45) is 0 Å². The highest BCUT2D eigenvalue weighted by Gasteiger charge is 2.05. The summed E-state index contributed by atoms with van der Waals surface area (Å²) in [5.74, 6) is 0. The van der Waals surface area contributed by atoms with Gasteiger partial charge in [0.2, 0.25) is 0 Å². The zero-order valence-corrected chi connectivity index (χ0v) is 12.6. The molecule has 0 spiro atoms. The van der Waals surface area contributed by atoms with Crippen molar-refractivity contribution in [2.75, 3.05) is 24.3 Å². The quantitative estimate of drug-likeness (QED) is 0.907. The zero-order chi connectivity index (χ0) is 15.2. The smallest absolute Gasteiger partial charge is 0.319 e. The highest BCUT2D eigenvalue weighted by Crippen LogP contribution is 2.21. The molecule has 0 aliphatic carbocycles. The van der Waals surface area contributed by atoms with E-state index in [0.29, 0.717) is 6.54 Å². The van der Waals surface area contributed by atoms with Crippen molar-refractivity contribution in [3.8, 4) is 0 Å². The second-order valence-corrected chi connectivity index (χ2v) is 5.06. The van der Waals surface area contributed by atoms with Crippen LogP contribution in [0.5, 0.6) is 0 Å². The maximum Gasteiger partial charge on any atom is 0.319 e. The molecule has 0 fully saturated rings. The lowest BCUT2D eigenvalue weighted by atomic mass is 10.1. The number of hydrogen-bond acceptors (Lipinski definition) is 3. The Hall–Kier alpha value is -2.56. The first-order valence-electron chi connectivity index (χ1n) is 6.78. The van der Waals surface area contributed by atoms with Crippen molar-refractivity contribution in [3.05, 3.63) is 53.9 Å². The molecule has 2 amide bonds. The maximum atomic E-state index is 11.9. The summed E-state index contributed by atoms with van der Waals surface area (Å²) in [5.41, 5.74) is 3.96. The lowest BCUT2D eigenvalue weighted by Gasteiger charge is -2.15. The molecule has 1 aromatic heterocycles. The van der Waals surface area contributed by atoms with E-state index in [1.54, 1.807) is 12.4 Å². The minimum Gasteiger partial charge on any atom is -0.378 e. The first kappa shape index (κ1) is 14.8. The van der Waals surface area contributed by atoms with Gasteiger partial charge in [0.25, 0.3) is 0 Å². The van der Waals surface area contributed by atoms with Crippen molar-refractivity contribution in [1.29, 1.82) is 0 Å². The monoisotopic (exact) mass is 284 g/mol. The fraction of sp³-hybridized carbons (Fsp3) is 0.250. The molecular formula is C16H20N4O. The van der Waals surface area contributed by atoms with Gasteiger partial charge in [0.15, 0.2) is 0 Å². The van der Waals surface area contributed by atoms with Gasteiger partial charge in [-0.3, -0.25) is 4.98 Å². The number of pyridine rings is 1. The lowest BCUT2D eigenvalue weighted by Crippen LogP contribution is -2.28. The van der Waals surface area contributed by atoms with Crippen LogP contribution in [0.25, 0.3) is 0 Å². The molecule has 0 unspecified atom stereocenters. The first-order chi connectivity index (χ1) is 10.1. The fourth-order valence-electron chi connectivity index (χ4n) is 1.92. The Balaban J connectivity index is 1.93. The molecule has 5 heteroatoms. The van der Waals surface area contributed by atoms with Crippen LogP contribution in [0.2, 0.25) is 0 Å². The van der Waals surface area contributed by atoms with Gasteiger partial charge >= 0.3 is 6.03 Å². The van der Waals surface area contributed by atoms with E-state index in [1.165, 1.54) is 0 Å². The Kier molecular flexibility index (Phi) is 4.77. The summed E-state index contributed by atoms with van der Waals surface area (Å²) in [6, 6.07) is 9.46. The van der Waals surface area contributed by atoms with Gasteiger partial charge in [-0.15, -0.1) is 0 Å². The molecule has 0 saturated heterocycles. The number of urea groups is 1. The van der Waals surface area contributed by atoms with E-state index in [2.05, 4.69) is 15.6 Å². The summed E-state index contributed by atoms with van der Waals surface area (Å²) in [4.78, 5) is 17.9. The van der Waals surface area contributed by atoms with Crippen molar-refractivity contribution >= 4 is 17.4 Å². The van der Waals surface area contributed by atoms with Crippen LogP contribution in [0.15, 0.2) is 42.7 Å². The number of aromatic nitrogens is 1. The van der Waals surface area contributed by atoms with Crippen molar-refractivity contribution in [1.82, 2.24) is 10.3 Å². The van der Waals surface area contributed by atoms with Crippen LogP contribution in [0, 0.1) is 6.92 Å². The van der Waals surface area contributed by atoms with E-state index in [9.17, 15) is 4.79 Å². The van der Waals surface area contributed by atoms with Gasteiger partial charge in [-0.05, 0) is 48.4 Å². The van der Waals surface area contributed by atoms with E-state index in [-0.39, 0.29) is 6.03 Å². The highest BCUT2D eigenvalue weighted by molar-refractivity contribution is 5.90. The molecule has 0 aliphatic heterocycles. The SMILES string of the molecule is Cc1cc(N(C)C)ccc1NC(=O)NCc1ccncc1. The first-order valence-corrected chi connectivity index (χ1v) is 6.78. The van der Waals surface area contributed by atoms with Crippen LogP contribution in [-0.4, -0.2) is 25.1 Å². The molecule has 5 nitrogen and oxygen atoms in total. The van der Waals surface area contributed by atoms with Gasteiger partial charge in [-0.25, -0.2) is 4.79 Å². The number of amides is 2.